The smallest absolute Gasteiger partial charge is 0.319 e. The summed E-state index contributed by atoms with van der Waals surface area (Å²) in [5.74, 6) is 0.589. The molecule has 8 nitrogen and oxygen atoms in total. The summed E-state index contributed by atoms with van der Waals surface area (Å²) >= 11 is 0. The molecule has 0 bridgehead atoms. The summed E-state index contributed by atoms with van der Waals surface area (Å²) in [6.45, 7) is 6.42. The topological polar surface area (TPSA) is 83.1 Å². The molecule has 1 unspecified atom stereocenters. The Kier molecular flexibility index (Phi) is 6.74. The van der Waals surface area contributed by atoms with Crippen molar-refractivity contribution in [3.05, 3.63) is 18.2 Å². The van der Waals surface area contributed by atoms with Crippen LogP contribution in [0.1, 0.15) is 39.0 Å². The van der Waals surface area contributed by atoms with E-state index in [2.05, 4.69) is 15.5 Å². The minimum Gasteiger partial charge on any atom is -0.479 e. The van der Waals surface area contributed by atoms with Gasteiger partial charge < -0.3 is 25.0 Å². The number of hydrogen-bond acceptors (Lipinski definition) is 5. The summed E-state index contributed by atoms with van der Waals surface area (Å²) in [6, 6.07) is 5.55. The van der Waals surface area contributed by atoms with Crippen molar-refractivity contribution in [1.29, 1.82) is 0 Å². The third kappa shape index (κ3) is 5.05. The van der Waals surface area contributed by atoms with Crippen LogP contribution in [0.15, 0.2) is 18.2 Å². The maximum Gasteiger partial charge on any atom is 0.319 e. The number of morpholine rings is 1. The summed E-state index contributed by atoms with van der Waals surface area (Å²) in [6.07, 6.45) is 5.12. The molecule has 8 heteroatoms. The van der Waals surface area contributed by atoms with Gasteiger partial charge in [-0.3, -0.25) is 9.69 Å². The van der Waals surface area contributed by atoms with Gasteiger partial charge in [-0.2, -0.15) is 0 Å². The van der Waals surface area contributed by atoms with E-state index in [1.54, 1.807) is 17.9 Å². The molecule has 1 atom stereocenters. The summed E-state index contributed by atoms with van der Waals surface area (Å²) in [5, 5.41) is 5.97. The van der Waals surface area contributed by atoms with Crippen LogP contribution >= 0.6 is 0 Å². The SMILES string of the molecule is CC1Oc2cc(NC(=O)NC3CCCCC3)ccc2N(CCN2CCOCC2)C1=O. The summed E-state index contributed by atoms with van der Waals surface area (Å²) in [5.41, 5.74) is 1.42. The van der Waals surface area contributed by atoms with Crippen molar-refractivity contribution >= 4 is 23.3 Å². The van der Waals surface area contributed by atoms with Crippen LogP contribution in [0.4, 0.5) is 16.2 Å². The Balaban J connectivity index is 1.40. The van der Waals surface area contributed by atoms with E-state index >= 15 is 0 Å². The molecule has 1 aromatic carbocycles. The zero-order valence-electron chi connectivity index (χ0n) is 17.7. The molecule has 1 aromatic rings. The van der Waals surface area contributed by atoms with E-state index in [1.807, 2.05) is 12.1 Å². The van der Waals surface area contributed by atoms with Crippen molar-refractivity contribution < 1.29 is 19.1 Å². The number of nitrogens with zero attached hydrogens (tertiary/aromatic N) is 2. The predicted octanol–water partition coefficient (Wildman–Crippen LogP) is 2.59. The molecule has 2 aliphatic heterocycles. The van der Waals surface area contributed by atoms with Gasteiger partial charge in [-0.15, -0.1) is 0 Å². The van der Waals surface area contributed by atoms with Gasteiger partial charge in [-0.25, -0.2) is 4.79 Å². The Bertz CT molecular complexity index is 760. The maximum atomic E-state index is 12.7. The lowest BCUT2D eigenvalue weighted by atomic mass is 9.96. The second kappa shape index (κ2) is 9.66. The molecule has 0 spiro atoms. The highest BCUT2D eigenvalue weighted by molar-refractivity contribution is 6.00. The van der Waals surface area contributed by atoms with Gasteiger partial charge in [-0.1, -0.05) is 19.3 Å². The van der Waals surface area contributed by atoms with Gasteiger partial charge >= 0.3 is 6.03 Å². The largest absolute Gasteiger partial charge is 0.479 e. The molecule has 1 aliphatic carbocycles. The molecule has 0 radical (unpaired) electrons. The Morgan fingerprint density at radius 3 is 2.67 bits per heavy atom. The highest BCUT2D eigenvalue weighted by Crippen LogP contribution is 2.36. The van der Waals surface area contributed by atoms with E-state index in [9.17, 15) is 9.59 Å². The lowest BCUT2D eigenvalue weighted by Crippen LogP contribution is -2.48. The van der Waals surface area contributed by atoms with Gasteiger partial charge in [0.25, 0.3) is 5.91 Å². The quantitative estimate of drug-likeness (QED) is 0.771. The van der Waals surface area contributed by atoms with E-state index < -0.39 is 6.10 Å². The highest BCUT2D eigenvalue weighted by Gasteiger charge is 2.32. The number of ether oxygens (including phenoxy) is 2. The Labute approximate surface area is 177 Å². The molecule has 30 heavy (non-hydrogen) atoms. The minimum absolute atomic E-state index is 0.0356. The second-order valence-corrected chi connectivity index (χ2v) is 8.32. The number of amides is 3. The van der Waals surface area contributed by atoms with Crippen molar-refractivity contribution in [1.82, 2.24) is 10.2 Å². The number of urea groups is 1. The molecule has 1 saturated heterocycles. The molecule has 4 rings (SSSR count). The van der Waals surface area contributed by atoms with E-state index in [0.717, 1.165) is 51.4 Å². The van der Waals surface area contributed by atoms with Crippen LogP contribution in [0.3, 0.4) is 0 Å². The maximum absolute atomic E-state index is 12.7. The lowest BCUT2D eigenvalue weighted by molar-refractivity contribution is -0.125. The van der Waals surface area contributed by atoms with Crippen LogP contribution in [0.5, 0.6) is 5.75 Å². The molecule has 164 valence electrons. The normalized spacial score (nSPS) is 22.9. The molecular formula is C22H32N4O4. The first-order valence-corrected chi connectivity index (χ1v) is 11.1. The van der Waals surface area contributed by atoms with Crippen LogP contribution in [-0.2, 0) is 9.53 Å². The van der Waals surface area contributed by atoms with Crippen molar-refractivity contribution in [2.75, 3.05) is 49.6 Å². The summed E-state index contributed by atoms with van der Waals surface area (Å²) in [7, 11) is 0. The molecule has 2 heterocycles. The molecule has 2 fully saturated rings. The third-order valence-corrected chi connectivity index (χ3v) is 6.11. The zero-order valence-corrected chi connectivity index (χ0v) is 17.7. The summed E-state index contributed by atoms with van der Waals surface area (Å²) < 4.78 is 11.2. The minimum atomic E-state index is -0.548. The average molecular weight is 417 g/mol. The van der Waals surface area contributed by atoms with Crippen LogP contribution < -0.4 is 20.3 Å². The first-order valence-electron chi connectivity index (χ1n) is 11.1. The number of carbonyl (C=O) groups is 2. The molecule has 2 N–H and O–H groups in total. The van der Waals surface area contributed by atoms with Crippen molar-refractivity contribution in [2.24, 2.45) is 0 Å². The number of hydrogen-bond donors (Lipinski definition) is 2. The number of fused-ring (bicyclic) bond motifs is 1. The monoisotopic (exact) mass is 416 g/mol. The second-order valence-electron chi connectivity index (χ2n) is 8.32. The Hall–Kier alpha value is -2.32. The Morgan fingerprint density at radius 2 is 1.90 bits per heavy atom. The number of anilines is 2. The fourth-order valence-electron chi connectivity index (χ4n) is 4.38. The van der Waals surface area contributed by atoms with Crippen molar-refractivity contribution in [3.63, 3.8) is 0 Å². The first-order chi connectivity index (χ1) is 14.6. The molecular weight excluding hydrogens is 384 g/mol. The molecule has 0 aromatic heterocycles. The van der Waals surface area contributed by atoms with Crippen LogP contribution in [0.25, 0.3) is 0 Å². The number of nitrogens with one attached hydrogen (secondary N) is 2. The van der Waals surface area contributed by atoms with Gasteiger partial charge in [0.2, 0.25) is 0 Å². The van der Waals surface area contributed by atoms with Gasteiger partial charge in [0.1, 0.15) is 5.75 Å². The van der Waals surface area contributed by atoms with Crippen molar-refractivity contribution in [3.8, 4) is 5.75 Å². The lowest BCUT2D eigenvalue weighted by Gasteiger charge is -2.35. The van der Waals surface area contributed by atoms with E-state index in [4.69, 9.17) is 9.47 Å². The zero-order chi connectivity index (χ0) is 20.9. The van der Waals surface area contributed by atoms with Gasteiger partial charge in [0, 0.05) is 44.0 Å². The summed E-state index contributed by atoms with van der Waals surface area (Å²) in [4.78, 5) is 29.2. The van der Waals surface area contributed by atoms with Gasteiger partial charge in [0.05, 0.1) is 18.9 Å². The van der Waals surface area contributed by atoms with E-state index in [1.165, 1.54) is 19.3 Å². The van der Waals surface area contributed by atoms with Crippen LogP contribution in [-0.4, -0.2) is 68.4 Å². The van der Waals surface area contributed by atoms with Crippen LogP contribution in [0, 0.1) is 0 Å². The molecule has 3 aliphatic rings. The fraction of sp³-hybridized carbons (Fsp3) is 0.636. The highest BCUT2D eigenvalue weighted by atomic mass is 16.5. The van der Waals surface area contributed by atoms with E-state index in [0.29, 0.717) is 18.0 Å². The van der Waals surface area contributed by atoms with Crippen molar-refractivity contribution in [2.45, 2.75) is 51.2 Å². The average Bonchev–Trinajstić information content (AvgIpc) is 2.75. The standard InChI is InChI=1S/C22H32N4O4/c1-16-21(27)26(10-9-25-11-13-29-14-12-25)19-8-7-18(15-20(19)30-16)24-22(28)23-17-5-3-2-4-6-17/h7-8,15-17H,2-6,9-14H2,1H3,(H2,23,24,28). The third-order valence-electron chi connectivity index (χ3n) is 6.11. The number of benzene rings is 1. The Morgan fingerprint density at radius 1 is 1.13 bits per heavy atom. The predicted molar refractivity (Wildman–Crippen MR) is 115 cm³/mol. The molecule has 1 saturated carbocycles. The molecule has 3 amide bonds. The number of carbonyl (C=O) groups excluding carboxylic acids is 2. The van der Waals surface area contributed by atoms with Crippen LogP contribution in [0.2, 0.25) is 0 Å². The van der Waals surface area contributed by atoms with E-state index in [-0.39, 0.29) is 18.0 Å². The van der Waals surface area contributed by atoms with Gasteiger partial charge in [0.15, 0.2) is 6.10 Å². The number of rotatable bonds is 5. The van der Waals surface area contributed by atoms with Gasteiger partial charge in [-0.05, 0) is 31.9 Å². The first kappa shape index (κ1) is 20.9. The fourth-order valence-corrected chi connectivity index (χ4v) is 4.38.